The third kappa shape index (κ3) is 4.46. The number of methoxy groups -OCH3 is 3. The Morgan fingerprint density at radius 3 is 2.21 bits per heavy atom. The van der Waals surface area contributed by atoms with Gasteiger partial charge in [0.2, 0.25) is 23.2 Å². The van der Waals surface area contributed by atoms with E-state index in [2.05, 4.69) is 11.1 Å². The van der Waals surface area contributed by atoms with Gasteiger partial charge in [-0.2, -0.15) is 10.2 Å². The molecule has 1 fully saturated rings. The SMILES string of the molecule is COc1cc(/C=C/c2nc(C#N)c(N3CC(C)OC(C)C3)o2)cc(OC)c1OC. The van der Waals surface area contributed by atoms with Crippen molar-refractivity contribution in [2.45, 2.75) is 26.1 Å². The summed E-state index contributed by atoms with van der Waals surface area (Å²) in [4.78, 5) is 6.30. The van der Waals surface area contributed by atoms with E-state index in [1.807, 2.05) is 37.0 Å². The summed E-state index contributed by atoms with van der Waals surface area (Å²) in [6.45, 7) is 5.28. The van der Waals surface area contributed by atoms with E-state index in [1.165, 1.54) is 0 Å². The number of rotatable bonds is 6. The smallest absolute Gasteiger partial charge is 0.235 e. The molecule has 0 N–H and O–H groups in total. The van der Waals surface area contributed by atoms with Gasteiger partial charge < -0.3 is 28.3 Å². The highest BCUT2D eigenvalue weighted by Crippen LogP contribution is 2.38. The van der Waals surface area contributed by atoms with Gasteiger partial charge in [-0.05, 0) is 37.6 Å². The Morgan fingerprint density at radius 1 is 1.07 bits per heavy atom. The molecule has 1 aromatic heterocycles. The van der Waals surface area contributed by atoms with Gasteiger partial charge in [-0.15, -0.1) is 0 Å². The molecule has 8 nitrogen and oxygen atoms in total. The normalized spacial score (nSPS) is 19.2. The maximum absolute atomic E-state index is 9.47. The third-order valence-corrected chi connectivity index (χ3v) is 4.54. The zero-order valence-corrected chi connectivity index (χ0v) is 17.3. The van der Waals surface area contributed by atoms with Gasteiger partial charge in [0.15, 0.2) is 11.5 Å². The average Bonchev–Trinajstić information content (AvgIpc) is 3.14. The van der Waals surface area contributed by atoms with Crippen LogP contribution in [0.5, 0.6) is 17.2 Å². The molecule has 2 unspecified atom stereocenters. The molecule has 2 atom stereocenters. The number of ether oxygens (including phenoxy) is 4. The largest absolute Gasteiger partial charge is 0.493 e. The summed E-state index contributed by atoms with van der Waals surface area (Å²) >= 11 is 0. The molecule has 0 spiro atoms. The van der Waals surface area contributed by atoms with E-state index in [1.54, 1.807) is 27.4 Å². The number of aromatic nitrogens is 1. The summed E-state index contributed by atoms with van der Waals surface area (Å²) in [7, 11) is 4.68. The predicted molar refractivity (Wildman–Crippen MR) is 108 cm³/mol. The molecule has 1 saturated heterocycles. The monoisotopic (exact) mass is 399 g/mol. The van der Waals surface area contributed by atoms with Crippen molar-refractivity contribution < 1.29 is 23.4 Å². The van der Waals surface area contributed by atoms with Crippen molar-refractivity contribution >= 4 is 18.0 Å². The van der Waals surface area contributed by atoms with Crippen LogP contribution in [0.15, 0.2) is 16.5 Å². The van der Waals surface area contributed by atoms with Crippen molar-refractivity contribution in [1.82, 2.24) is 4.98 Å². The van der Waals surface area contributed by atoms with Crippen LogP contribution >= 0.6 is 0 Å². The molecule has 0 amide bonds. The Morgan fingerprint density at radius 2 is 1.69 bits per heavy atom. The van der Waals surface area contributed by atoms with E-state index in [9.17, 15) is 5.26 Å². The Hall–Kier alpha value is -3.18. The first-order valence-corrected chi connectivity index (χ1v) is 9.28. The summed E-state index contributed by atoms with van der Waals surface area (Å²) in [5.74, 6) is 2.44. The Bertz CT molecular complexity index is 896. The number of hydrogen-bond acceptors (Lipinski definition) is 8. The zero-order chi connectivity index (χ0) is 21.0. The van der Waals surface area contributed by atoms with Gasteiger partial charge in [-0.1, -0.05) is 0 Å². The first kappa shape index (κ1) is 20.6. The second-order valence-corrected chi connectivity index (χ2v) is 6.77. The van der Waals surface area contributed by atoms with Crippen LogP contribution in [0.25, 0.3) is 12.2 Å². The topological polar surface area (TPSA) is 90.0 Å². The number of hydrogen-bond donors (Lipinski definition) is 0. The molecule has 1 aliphatic rings. The molecule has 0 bridgehead atoms. The standard InChI is InChI=1S/C21H25N3O5/c1-13-11-24(12-14(2)28-13)21-16(10-22)23-19(29-21)7-6-15-8-17(25-3)20(27-5)18(9-15)26-4/h6-9,13-14H,11-12H2,1-5H3/b7-6+. The fourth-order valence-electron chi connectivity index (χ4n) is 3.40. The zero-order valence-electron chi connectivity index (χ0n) is 17.3. The lowest BCUT2D eigenvalue weighted by atomic mass is 10.1. The predicted octanol–water partition coefficient (Wildman–Crippen LogP) is 3.36. The number of benzene rings is 1. The molecular formula is C21H25N3O5. The molecule has 8 heteroatoms. The molecule has 0 radical (unpaired) electrons. The lowest BCUT2D eigenvalue weighted by Gasteiger charge is -2.34. The lowest BCUT2D eigenvalue weighted by molar-refractivity contribution is -0.00642. The highest BCUT2D eigenvalue weighted by atomic mass is 16.5. The molecular weight excluding hydrogens is 374 g/mol. The maximum Gasteiger partial charge on any atom is 0.235 e. The first-order chi connectivity index (χ1) is 14.0. The molecule has 154 valence electrons. The molecule has 0 aliphatic carbocycles. The van der Waals surface area contributed by atoms with Gasteiger partial charge in [0.05, 0.1) is 33.5 Å². The minimum atomic E-state index is 0.0496. The highest BCUT2D eigenvalue weighted by Gasteiger charge is 2.27. The van der Waals surface area contributed by atoms with E-state index >= 15 is 0 Å². The average molecular weight is 399 g/mol. The van der Waals surface area contributed by atoms with E-state index < -0.39 is 0 Å². The van der Waals surface area contributed by atoms with Crippen LogP contribution in [0.1, 0.15) is 31.0 Å². The van der Waals surface area contributed by atoms with E-state index in [4.69, 9.17) is 23.4 Å². The second kappa shape index (κ2) is 8.88. The highest BCUT2D eigenvalue weighted by molar-refractivity contribution is 5.71. The molecule has 2 aromatic rings. The van der Waals surface area contributed by atoms with Crippen LogP contribution < -0.4 is 19.1 Å². The number of nitriles is 1. The summed E-state index contributed by atoms with van der Waals surface area (Å²) in [6.07, 6.45) is 3.62. The molecule has 3 rings (SSSR count). The molecule has 1 aromatic carbocycles. The van der Waals surface area contributed by atoms with Crippen molar-refractivity contribution in [2.75, 3.05) is 39.3 Å². The minimum absolute atomic E-state index is 0.0496. The molecule has 29 heavy (non-hydrogen) atoms. The maximum atomic E-state index is 9.47. The first-order valence-electron chi connectivity index (χ1n) is 9.28. The van der Waals surface area contributed by atoms with Crippen LogP contribution in [-0.4, -0.2) is 51.6 Å². The van der Waals surface area contributed by atoms with Gasteiger partial charge >= 0.3 is 0 Å². The van der Waals surface area contributed by atoms with Crippen molar-refractivity contribution in [2.24, 2.45) is 0 Å². The van der Waals surface area contributed by atoms with Gasteiger partial charge in [0.1, 0.15) is 6.07 Å². The van der Waals surface area contributed by atoms with E-state index in [-0.39, 0.29) is 17.9 Å². The van der Waals surface area contributed by atoms with Crippen LogP contribution in [0.3, 0.4) is 0 Å². The summed E-state index contributed by atoms with van der Waals surface area (Å²) in [5, 5.41) is 9.47. The summed E-state index contributed by atoms with van der Waals surface area (Å²) in [5.41, 5.74) is 1.07. The summed E-state index contributed by atoms with van der Waals surface area (Å²) in [6, 6.07) is 5.75. The van der Waals surface area contributed by atoms with Gasteiger partial charge in [0.25, 0.3) is 0 Å². The molecule has 1 aliphatic heterocycles. The molecule has 0 saturated carbocycles. The fourth-order valence-corrected chi connectivity index (χ4v) is 3.40. The van der Waals surface area contributed by atoms with Gasteiger partial charge in [-0.3, -0.25) is 0 Å². The van der Waals surface area contributed by atoms with E-state index in [0.717, 1.165) is 5.56 Å². The summed E-state index contributed by atoms with van der Waals surface area (Å²) < 4.78 is 27.7. The van der Waals surface area contributed by atoms with E-state index in [0.29, 0.717) is 42.1 Å². The Balaban J connectivity index is 1.88. The van der Waals surface area contributed by atoms with Crippen molar-refractivity contribution in [3.05, 3.63) is 29.3 Å². The molecule has 2 heterocycles. The van der Waals surface area contributed by atoms with Gasteiger partial charge in [-0.25, -0.2) is 0 Å². The Labute approximate surface area is 170 Å². The van der Waals surface area contributed by atoms with Crippen molar-refractivity contribution in [3.63, 3.8) is 0 Å². The lowest BCUT2D eigenvalue weighted by Crippen LogP contribution is -2.45. The fraction of sp³-hybridized carbons (Fsp3) is 0.429. The van der Waals surface area contributed by atoms with Crippen molar-refractivity contribution in [3.8, 4) is 23.3 Å². The van der Waals surface area contributed by atoms with Gasteiger partial charge in [0, 0.05) is 19.2 Å². The van der Waals surface area contributed by atoms with Crippen LogP contribution in [-0.2, 0) is 4.74 Å². The quantitative estimate of drug-likeness (QED) is 0.730. The van der Waals surface area contributed by atoms with Crippen molar-refractivity contribution in [1.29, 1.82) is 5.26 Å². The van der Waals surface area contributed by atoms with Crippen LogP contribution in [0.2, 0.25) is 0 Å². The number of oxazole rings is 1. The van der Waals surface area contributed by atoms with Crippen LogP contribution in [0.4, 0.5) is 5.88 Å². The number of anilines is 1. The number of morpholine rings is 1. The minimum Gasteiger partial charge on any atom is -0.493 e. The third-order valence-electron chi connectivity index (χ3n) is 4.54. The Kier molecular flexibility index (Phi) is 6.29. The second-order valence-electron chi connectivity index (χ2n) is 6.77. The number of nitrogens with zero attached hydrogens (tertiary/aromatic N) is 3. The van der Waals surface area contributed by atoms with Crippen LogP contribution in [0, 0.1) is 11.3 Å².